The molecule has 0 unspecified atom stereocenters. The Morgan fingerprint density at radius 3 is 2.59 bits per heavy atom. The molecule has 2 aromatic rings. The summed E-state index contributed by atoms with van der Waals surface area (Å²) in [6.07, 6.45) is 0.646. The van der Waals surface area contributed by atoms with Gasteiger partial charge in [-0.2, -0.15) is 0 Å². The van der Waals surface area contributed by atoms with Crippen molar-refractivity contribution in [1.82, 2.24) is 15.0 Å². The average Bonchev–Trinajstić information content (AvgIpc) is 2.76. The number of fused-ring (bicyclic) bond motifs is 1. The molecule has 0 atom stereocenters. The Hall–Kier alpha value is -1.82. The summed E-state index contributed by atoms with van der Waals surface area (Å²) < 4.78 is 12.2. The second-order valence-corrected chi connectivity index (χ2v) is 3.59. The van der Waals surface area contributed by atoms with Crippen LogP contribution in [0.5, 0.6) is 11.5 Å². The molecular formula is C11H15N3O3. The Morgan fingerprint density at radius 2 is 1.94 bits per heavy atom. The molecule has 1 aromatic heterocycles. The van der Waals surface area contributed by atoms with Gasteiger partial charge in [-0.05, 0) is 6.42 Å². The van der Waals surface area contributed by atoms with Crippen LogP contribution >= 0.6 is 0 Å². The smallest absolute Gasteiger partial charge is 0.163 e. The molecule has 1 aromatic carbocycles. The lowest BCUT2D eigenvalue weighted by Gasteiger charge is -2.07. The summed E-state index contributed by atoms with van der Waals surface area (Å²) in [5, 5.41) is 16.9. The second kappa shape index (κ2) is 5.01. The van der Waals surface area contributed by atoms with E-state index in [1.807, 2.05) is 6.07 Å². The third-order valence-electron chi connectivity index (χ3n) is 2.55. The van der Waals surface area contributed by atoms with Crippen LogP contribution in [0.2, 0.25) is 0 Å². The van der Waals surface area contributed by atoms with Crippen LogP contribution in [0.1, 0.15) is 6.42 Å². The van der Waals surface area contributed by atoms with Crippen LogP contribution in [0.15, 0.2) is 12.1 Å². The summed E-state index contributed by atoms with van der Waals surface area (Å²) in [6.45, 7) is 0.761. The van der Waals surface area contributed by atoms with E-state index in [1.165, 1.54) is 0 Å². The molecule has 1 heterocycles. The number of aromatic nitrogens is 3. The molecule has 0 aliphatic heterocycles. The third-order valence-corrected chi connectivity index (χ3v) is 2.55. The minimum atomic E-state index is 0.134. The van der Waals surface area contributed by atoms with E-state index in [1.54, 1.807) is 25.0 Å². The van der Waals surface area contributed by atoms with Gasteiger partial charge in [0.05, 0.1) is 19.7 Å². The number of ether oxygens (including phenoxy) is 2. The second-order valence-electron chi connectivity index (χ2n) is 3.59. The Labute approximate surface area is 98.8 Å². The molecule has 0 aliphatic rings. The van der Waals surface area contributed by atoms with E-state index < -0.39 is 0 Å². The molecule has 0 radical (unpaired) electrons. The standard InChI is InChI=1S/C11H15N3O3/c1-16-10-6-8-9(7-11(10)17-2)14(13-12-8)4-3-5-15/h6-7,15H,3-5H2,1-2H3. The quantitative estimate of drug-likeness (QED) is 0.834. The van der Waals surface area contributed by atoms with Crippen LogP contribution in [0.3, 0.4) is 0 Å². The summed E-state index contributed by atoms with van der Waals surface area (Å²) in [5.41, 5.74) is 1.62. The Kier molecular flexibility index (Phi) is 3.43. The van der Waals surface area contributed by atoms with Gasteiger partial charge in [0, 0.05) is 25.3 Å². The van der Waals surface area contributed by atoms with E-state index in [4.69, 9.17) is 14.6 Å². The summed E-state index contributed by atoms with van der Waals surface area (Å²) in [7, 11) is 3.17. The predicted molar refractivity (Wildman–Crippen MR) is 62.3 cm³/mol. The lowest BCUT2D eigenvalue weighted by molar-refractivity contribution is 0.277. The number of aliphatic hydroxyl groups excluding tert-OH is 1. The number of hydrogen-bond donors (Lipinski definition) is 1. The number of hydrogen-bond acceptors (Lipinski definition) is 5. The molecule has 92 valence electrons. The monoisotopic (exact) mass is 237 g/mol. The van der Waals surface area contributed by atoms with Crippen molar-refractivity contribution in [2.24, 2.45) is 0 Å². The summed E-state index contributed by atoms with van der Waals surface area (Å²) in [4.78, 5) is 0. The van der Waals surface area contributed by atoms with Gasteiger partial charge in [0.15, 0.2) is 11.5 Å². The van der Waals surface area contributed by atoms with Gasteiger partial charge in [0.1, 0.15) is 5.52 Å². The van der Waals surface area contributed by atoms with E-state index in [0.29, 0.717) is 24.5 Å². The lowest BCUT2D eigenvalue weighted by Crippen LogP contribution is -2.02. The number of aryl methyl sites for hydroxylation is 1. The first-order valence-corrected chi connectivity index (χ1v) is 5.36. The first-order valence-electron chi connectivity index (χ1n) is 5.36. The van der Waals surface area contributed by atoms with Crippen LogP contribution in [-0.2, 0) is 6.54 Å². The number of rotatable bonds is 5. The molecule has 0 bridgehead atoms. The van der Waals surface area contributed by atoms with Crippen LogP contribution in [0, 0.1) is 0 Å². The van der Waals surface area contributed by atoms with Crippen molar-refractivity contribution >= 4 is 11.0 Å². The van der Waals surface area contributed by atoms with Crippen LogP contribution in [0.4, 0.5) is 0 Å². The molecule has 0 aliphatic carbocycles. The molecular weight excluding hydrogens is 222 g/mol. The van der Waals surface area contributed by atoms with Gasteiger partial charge in [-0.15, -0.1) is 5.10 Å². The van der Waals surface area contributed by atoms with Crippen molar-refractivity contribution in [2.45, 2.75) is 13.0 Å². The molecule has 0 saturated carbocycles. The van der Waals surface area contributed by atoms with Gasteiger partial charge < -0.3 is 14.6 Å². The van der Waals surface area contributed by atoms with Gasteiger partial charge in [-0.3, -0.25) is 0 Å². The maximum atomic E-state index is 8.81. The van der Waals surface area contributed by atoms with Gasteiger partial charge in [0.2, 0.25) is 0 Å². The van der Waals surface area contributed by atoms with E-state index in [0.717, 1.165) is 11.0 Å². The minimum Gasteiger partial charge on any atom is -0.493 e. The van der Waals surface area contributed by atoms with Crippen molar-refractivity contribution in [3.05, 3.63) is 12.1 Å². The fourth-order valence-corrected chi connectivity index (χ4v) is 1.68. The topological polar surface area (TPSA) is 69.4 Å². The van der Waals surface area contributed by atoms with Crippen LogP contribution in [-0.4, -0.2) is 40.9 Å². The number of benzene rings is 1. The van der Waals surface area contributed by atoms with Crippen molar-refractivity contribution < 1.29 is 14.6 Å². The summed E-state index contributed by atoms with van der Waals surface area (Å²) >= 11 is 0. The Bertz CT molecular complexity index is 510. The maximum absolute atomic E-state index is 8.81. The zero-order chi connectivity index (χ0) is 12.3. The highest BCUT2D eigenvalue weighted by molar-refractivity contribution is 5.79. The third kappa shape index (κ3) is 2.16. The van der Waals surface area contributed by atoms with Gasteiger partial charge in [-0.1, -0.05) is 5.21 Å². The fourth-order valence-electron chi connectivity index (χ4n) is 1.68. The number of aliphatic hydroxyl groups is 1. The largest absolute Gasteiger partial charge is 0.493 e. The van der Waals surface area contributed by atoms with Crippen molar-refractivity contribution in [2.75, 3.05) is 20.8 Å². The Morgan fingerprint density at radius 1 is 1.24 bits per heavy atom. The van der Waals surface area contributed by atoms with Crippen LogP contribution in [0.25, 0.3) is 11.0 Å². The van der Waals surface area contributed by atoms with E-state index in [2.05, 4.69) is 10.3 Å². The van der Waals surface area contributed by atoms with E-state index >= 15 is 0 Å². The van der Waals surface area contributed by atoms with Crippen LogP contribution < -0.4 is 9.47 Å². The normalized spacial score (nSPS) is 10.8. The number of nitrogens with zero attached hydrogens (tertiary/aromatic N) is 3. The zero-order valence-electron chi connectivity index (χ0n) is 9.88. The molecule has 0 saturated heterocycles. The maximum Gasteiger partial charge on any atom is 0.163 e. The fraction of sp³-hybridized carbons (Fsp3) is 0.455. The molecule has 6 heteroatoms. The SMILES string of the molecule is COc1cc2nnn(CCCO)c2cc1OC. The zero-order valence-corrected chi connectivity index (χ0v) is 9.88. The minimum absolute atomic E-state index is 0.134. The highest BCUT2D eigenvalue weighted by Crippen LogP contribution is 2.31. The van der Waals surface area contributed by atoms with E-state index in [-0.39, 0.29) is 6.61 Å². The number of methoxy groups -OCH3 is 2. The van der Waals surface area contributed by atoms with E-state index in [9.17, 15) is 0 Å². The van der Waals surface area contributed by atoms with Crippen molar-refractivity contribution in [3.8, 4) is 11.5 Å². The van der Waals surface area contributed by atoms with Gasteiger partial charge in [0.25, 0.3) is 0 Å². The first-order chi connectivity index (χ1) is 8.30. The van der Waals surface area contributed by atoms with Crippen molar-refractivity contribution in [1.29, 1.82) is 0 Å². The highest BCUT2D eigenvalue weighted by Gasteiger charge is 2.11. The predicted octanol–water partition coefficient (Wildman–Crippen LogP) is 0.831. The Balaban J connectivity index is 2.45. The average molecular weight is 237 g/mol. The molecule has 17 heavy (non-hydrogen) atoms. The van der Waals surface area contributed by atoms with Gasteiger partial charge in [-0.25, -0.2) is 4.68 Å². The van der Waals surface area contributed by atoms with Gasteiger partial charge >= 0.3 is 0 Å². The highest BCUT2D eigenvalue weighted by atomic mass is 16.5. The van der Waals surface area contributed by atoms with Crippen molar-refractivity contribution in [3.63, 3.8) is 0 Å². The molecule has 6 nitrogen and oxygen atoms in total. The molecule has 0 fully saturated rings. The molecule has 0 amide bonds. The summed E-state index contributed by atoms with van der Waals surface area (Å²) in [6, 6.07) is 3.63. The molecule has 1 N–H and O–H groups in total. The molecule has 0 spiro atoms. The summed E-state index contributed by atoms with van der Waals surface area (Å²) in [5.74, 6) is 1.28. The molecule has 2 rings (SSSR count). The first kappa shape index (κ1) is 11.7. The lowest BCUT2D eigenvalue weighted by atomic mass is 10.2.